The number of nitrogens with zero attached hydrogens (tertiary/aromatic N) is 3. The van der Waals surface area contributed by atoms with Crippen molar-refractivity contribution in [3.8, 4) is 0 Å². The molecule has 2 aromatic heterocycles. The van der Waals surface area contributed by atoms with E-state index in [9.17, 15) is 0 Å². The van der Waals surface area contributed by atoms with Gasteiger partial charge in [-0.15, -0.1) is 0 Å². The molecule has 3 rings (SSSR count). The van der Waals surface area contributed by atoms with Crippen LogP contribution in [0.4, 0.5) is 0 Å². The summed E-state index contributed by atoms with van der Waals surface area (Å²) in [5.74, 6) is 0.930. The first-order valence-corrected chi connectivity index (χ1v) is 8.66. The summed E-state index contributed by atoms with van der Waals surface area (Å²) < 4.78 is 14.8. The molecule has 1 aliphatic rings. The molecule has 0 aromatic carbocycles. The van der Waals surface area contributed by atoms with Gasteiger partial charge in [0.05, 0.1) is 11.7 Å². The van der Waals surface area contributed by atoms with Gasteiger partial charge in [0.25, 0.3) is 0 Å². The summed E-state index contributed by atoms with van der Waals surface area (Å²) in [6, 6.07) is 2.31. The third-order valence-electron chi connectivity index (χ3n) is 3.94. The fraction of sp³-hybridized carbons (Fsp3) is 0.625. The maximum atomic E-state index is 6.09. The maximum Gasteiger partial charge on any atom is 0.158 e. The van der Waals surface area contributed by atoms with Crippen LogP contribution in [-0.4, -0.2) is 27.4 Å². The molecular weight excluding hydrogens is 346 g/mol. The first kappa shape index (κ1) is 15.9. The van der Waals surface area contributed by atoms with Gasteiger partial charge in [0.1, 0.15) is 22.0 Å². The number of hydrogen-bond donors (Lipinski definition) is 0. The first-order valence-electron chi connectivity index (χ1n) is 7.86. The quantitative estimate of drug-likeness (QED) is 0.752. The zero-order valence-corrected chi connectivity index (χ0v) is 14.8. The Labute approximate surface area is 139 Å². The average molecular weight is 368 g/mol. The Kier molecular flexibility index (Phi) is 4.80. The molecule has 1 saturated heterocycles. The molecule has 0 radical (unpaired) electrons. The van der Waals surface area contributed by atoms with Gasteiger partial charge >= 0.3 is 0 Å². The van der Waals surface area contributed by atoms with Crippen LogP contribution in [0.1, 0.15) is 58.0 Å². The van der Waals surface area contributed by atoms with Crippen molar-refractivity contribution in [3.05, 3.63) is 22.7 Å². The average Bonchev–Trinajstić information content (AvgIpc) is 2.87. The van der Waals surface area contributed by atoms with E-state index in [1.165, 1.54) is 0 Å². The zero-order chi connectivity index (χ0) is 15.7. The van der Waals surface area contributed by atoms with Crippen LogP contribution in [0, 0.1) is 0 Å². The molecule has 0 N–H and O–H groups in total. The molecule has 1 fully saturated rings. The van der Waals surface area contributed by atoms with Gasteiger partial charge in [0.2, 0.25) is 0 Å². The lowest BCUT2D eigenvalue weighted by Crippen LogP contribution is -2.25. The highest BCUT2D eigenvalue weighted by Gasteiger charge is 2.24. The van der Waals surface area contributed by atoms with Crippen LogP contribution in [0.5, 0.6) is 0 Å². The number of halogens is 1. The molecule has 1 aliphatic heterocycles. The van der Waals surface area contributed by atoms with Crippen LogP contribution < -0.4 is 0 Å². The minimum absolute atomic E-state index is 0.114. The van der Waals surface area contributed by atoms with Gasteiger partial charge in [0.15, 0.2) is 6.29 Å². The third kappa shape index (κ3) is 3.19. The maximum absolute atomic E-state index is 6.09. The second kappa shape index (κ2) is 6.64. The molecule has 22 heavy (non-hydrogen) atoms. The molecule has 0 amide bonds. The van der Waals surface area contributed by atoms with Crippen molar-refractivity contribution in [3.63, 3.8) is 0 Å². The Morgan fingerprint density at radius 2 is 2.18 bits per heavy atom. The van der Waals surface area contributed by atoms with E-state index in [4.69, 9.17) is 14.5 Å². The second-order valence-corrected chi connectivity index (χ2v) is 6.82. The van der Waals surface area contributed by atoms with E-state index < -0.39 is 0 Å². The molecule has 3 heterocycles. The first-order chi connectivity index (χ1) is 10.6. The monoisotopic (exact) mass is 367 g/mol. The van der Waals surface area contributed by atoms with Gasteiger partial charge in [-0.2, -0.15) is 0 Å². The van der Waals surface area contributed by atoms with Gasteiger partial charge < -0.3 is 14.0 Å². The largest absolute Gasteiger partial charge is 0.353 e. The zero-order valence-electron chi connectivity index (χ0n) is 13.3. The second-order valence-electron chi connectivity index (χ2n) is 6.00. The Morgan fingerprint density at radius 1 is 1.36 bits per heavy atom. The van der Waals surface area contributed by atoms with Gasteiger partial charge in [-0.1, -0.05) is 0 Å². The lowest BCUT2D eigenvalue weighted by molar-refractivity contribution is -0.188. The van der Waals surface area contributed by atoms with Crippen molar-refractivity contribution in [2.75, 3.05) is 6.61 Å². The van der Waals surface area contributed by atoms with Gasteiger partial charge in [-0.05, 0) is 62.0 Å². The Morgan fingerprint density at radius 3 is 2.86 bits per heavy atom. The Bertz CT molecular complexity index is 650. The SMILES string of the molecule is CC(C)n1c([C@H](C)OC2CCCCO2)nc2cnc(Br)cc21. The summed E-state index contributed by atoms with van der Waals surface area (Å²) in [6.45, 7) is 7.14. The number of pyridine rings is 1. The smallest absolute Gasteiger partial charge is 0.158 e. The topological polar surface area (TPSA) is 49.2 Å². The van der Waals surface area contributed by atoms with Crippen molar-refractivity contribution >= 4 is 27.0 Å². The van der Waals surface area contributed by atoms with Crippen molar-refractivity contribution < 1.29 is 9.47 Å². The lowest BCUT2D eigenvalue weighted by Gasteiger charge is -2.26. The molecule has 0 saturated carbocycles. The predicted octanol–water partition coefficient (Wildman–Crippen LogP) is 4.38. The standard InChI is InChI=1S/C16H22BrN3O2/c1-10(2)20-13-8-14(17)18-9-12(13)19-16(20)11(3)22-15-6-4-5-7-21-15/h8-11,15H,4-7H2,1-3H3/t11-,15?/m0/s1. The van der Waals surface area contributed by atoms with Crippen molar-refractivity contribution in [2.24, 2.45) is 0 Å². The summed E-state index contributed by atoms with van der Waals surface area (Å²) in [5, 5.41) is 0. The van der Waals surface area contributed by atoms with Crippen LogP contribution in [0.25, 0.3) is 11.0 Å². The number of fused-ring (bicyclic) bond motifs is 1. The highest BCUT2D eigenvalue weighted by Crippen LogP contribution is 2.29. The van der Waals surface area contributed by atoms with E-state index >= 15 is 0 Å². The van der Waals surface area contributed by atoms with Gasteiger partial charge in [0, 0.05) is 12.6 Å². The molecule has 0 bridgehead atoms. The van der Waals surface area contributed by atoms with E-state index in [1.54, 1.807) is 6.20 Å². The Hall–Kier alpha value is -0.980. The van der Waals surface area contributed by atoms with Gasteiger partial charge in [-0.25, -0.2) is 9.97 Å². The lowest BCUT2D eigenvalue weighted by atomic mass is 10.2. The van der Waals surface area contributed by atoms with E-state index in [1.807, 2.05) is 13.0 Å². The summed E-state index contributed by atoms with van der Waals surface area (Å²) in [7, 11) is 0. The number of imidazole rings is 1. The number of ether oxygens (including phenoxy) is 2. The van der Waals surface area contributed by atoms with Crippen molar-refractivity contribution in [1.82, 2.24) is 14.5 Å². The minimum atomic E-state index is -0.117. The molecule has 6 heteroatoms. The fourth-order valence-corrected chi connectivity index (χ4v) is 3.25. The summed E-state index contributed by atoms with van der Waals surface area (Å²) in [4.78, 5) is 9.01. The normalized spacial score (nSPS) is 20.7. The van der Waals surface area contributed by atoms with Crippen LogP contribution >= 0.6 is 15.9 Å². The van der Waals surface area contributed by atoms with E-state index in [2.05, 4.69) is 39.3 Å². The van der Waals surface area contributed by atoms with Crippen LogP contribution in [-0.2, 0) is 9.47 Å². The number of hydrogen-bond acceptors (Lipinski definition) is 4. The Balaban J connectivity index is 1.92. The molecule has 0 spiro atoms. The molecule has 5 nitrogen and oxygen atoms in total. The molecule has 1 unspecified atom stereocenters. The highest BCUT2D eigenvalue weighted by atomic mass is 79.9. The molecule has 2 atom stereocenters. The number of rotatable bonds is 4. The van der Waals surface area contributed by atoms with Gasteiger partial charge in [-0.3, -0.25) is 0 Å². The summed E-state index contributed by atoms with van der Waals surface area (Å²) in [5.41, 5.74) is 1.97. The van der Waals surface area contributed by atoms with Crippen molar-refractivity contribution in [2.45, 2.75) is 58.5 Å². The molecule has 120 valence electrons. The third-order valence-corrected chi connectivity index (χ3v) is 4.38. The van der Waals surface area contributed by atoms with Crippen LogP contribution in [0.15, 0.2) is 16.9 Å². The van der Waals surface area contributed by atoms with E-state index in [0.29, 0.717) is 6.04 Å². The fourth-order valence-electron chi connectivity index (χ4n) is 2.93. The molecule has 0 aliphatic carbocycles. The highest BCUT2D eigenvalue weighted by molar-refractivity contribution is 9.10. The minimum Gasteiger partial charge on any atom is -0.353 e. The van der Waals surface area contributed by atoms with Crippen LogP contribution in [0.2, 0.25) is 0 Å². The van der Waals surface area contributed by atoms with E-state index in [-0.39, 0.29) is 12.4 Å². The summed E-state index contributed by atoms with van der Waals surface area (Å²) in [6.07, 6.45) is 4.81. The molecular formula is C16H22BrN3O2. The van der Waals surface area contributed by atoms with E-state index in [0.717, 1.165) is 47.3 Å². The number of aromatic nitrogens is 3. The summed E-state index contributed by atoms with van der Waals surface area (Å²) >= 11 is 3.44. The van der Waals surface area contributed by atoms with Crippen molar-refractivity contribution in [1.29, 1.82) is 0 Å². The van der Waals surface area contributed by atoms with Crippen LogP contribution in [0.3, 0.4) is 0 Å². The molecule has 2 aromatic rings. The predicted molar refractivity (Wildman–Crippen MR) is 88.7 cm³/mol.